The van der Waals surface area contributed by atoms with Gasteiger partial charge in [0, 0.05) is 6.04 Å². The molecule has 2 heteroatoms. The van der Waals surface area contributed by atoms with Crippen LogP contribution in [0.25, 0.3) is 0 Å². The first-order valence-corrected chi connectivity index (χ1v) is 5.50. The molecule has 1 unspecified atom stereocenters. The van der Waals surface area contributed by atoms with Gasteiger partial charge in [0.25, 0.3) is 0 Å². The minimum Gasteiger partial charge on any atom is -0.464 e. The van der Waals surface area contributed by atoms with Gasteiger partial charge in [0.1, 0.15) is 11.5 Å². The van der Waals surface area contributed by atoms with E-state index in [-0.39, 0.29) is 0 Å². The number of hydrogen-bond donors (Lipinski definition) is 1. The maximum absolute atomic E-state index is 5.68. The molecule has 1 aromatic heterocycles. The second-order valence-electron chi connectivity index (χ2n) is 4.40. The highest BCUT2D eigenvalue weighted by Crippen LogP contribution is 2.24. The normalized spacial score (nSPS) is 19.4. The summed E-state index contributed by atoms with van der Waals surface area (Å²) in [6.45, 7) is 6.29. The van der Waals surface area contributed by atoms with Crippen molar-refractivity contribution in [2.24, 2.45) is 0 Å². The van der Waals surface area contributed by atoms with Crippen LogP contribution in [0.15, 0.2) is 10.5 Å². The van der Waals surface area contributed by atoms with Crippen molar-refractivity contribution in [3.8, 4) is 0 Å². The fraction of sp³-hybridized carbons (Fsp3) is 0.667. The van der Waals surface area contributed by atoms with Crippen LogP contribution in [-0.2, 0) is 0 Å². The number of aryl methyl sites for hydroxylation is 2. The van der Waals surface area contributed by atoms with Gasteiger partial charge in [-0.05, 0) is 45.2 Å². The molecule has 0 bridgehead atoms. The molecule has 1 saturated carbocycles. The first-order chi connectivity index (χ1) is 6.66. The van der Waals surface area contributed by atoms with E-state index in [2.05, 4.69) is 25.2 Å². The van der Waals surface area contributed by atoms with Crippen LogP contribution in [0, 0.1) is 13.8 Å². The lowest BCUT2D eigenvalue weighted by Crippen LogP contribution is -2.36. The van der Waals surface area contributed by atoms with Crippen LogP contribution >= 0.6 is 0 Å². The molecule has 1 aliphatic rings. The Balaban J connectivity index is 1.98. The zero-order chi connectivity index (χ0) is 10.1. The van der Waals surface area contributed by atoms with E-state index in [0.29, 0.717) is 6.04 Å². The van der Waals surface area contributed by atoms with Gasteiger partial charge in [-0.25, -0.2) is 0 Å². The van der Waals surface area contributed by atoms with Crippen molar-refractivity contribution >= 4 is 0 Å². The van der Waals surface area contributed by atoms with Gasteiger partial charge in [-0.2, -0.15) is 0 Å². The quantitative estimate of drug-likeness (QED) is 0.798. The van der Waals surface area contributed by atoms with Crippen molar-refractivity contribution in [1.82, 2.24) is 5.32 Å². The fourth-order valence-corrected chi connectivity index (χ4v) is 1.83. The summed E-state index contributed by atoms with van der Waals surface area (Å²) in [6, 6.07) is 3.22. The smallest absolute Gasteiger partial charge is 0.121 e. The van der Waals surface area contributed by atoms with E-state index in [0.717, 1.165) is 17.6 Å². The van der Waals surface area contributed by atoms with Gasteiger partial charge in [-0.15, -0.1) is 0 Å². The van der Waals surface area contributed by atoms with E-state index < -0.39 is 0 Å². The minimum atomic E-state index is 0.354. The molecule has 1 aromatic rings. The third kappa shape index (κ3) is 1.85. The Bertz CT molecular complexity index is 293. The molecular formula is C12H19NO. The Morgan fingerprint density at radius 3 is 2.57 bits per heavy atom. The number of nitrogens with one attached hydrogen (secondary N) is 1. The Morgan fingerprint density at radius 1 is 1.43 bits per heavy atom. The van der Waals surface area contributed by atoms with Gasteiger partial charge in [0.2, 0.25) is 0 Å². The van der Waals surface area contributed by atoms with E-state index in [4.69, 9.17) is 4.42 Å². The molecule has 78 valence electrons. The van der Waals surface area contributed by atoms with Crippen LogP contribution in [0.5, 0.6) is 0 Å². The second-order valence-corrected chi connectivity index (χ2v) is 4.40. The predicted molar refractivity (Wildman–Crippen MR) is 57.4 cm³/mol. The van der Waals surface area contributed by atoms with Crippen molar-refractivity contribution in [1.29, 1.82) is 0 Å². The third-order valence-corrected chi connectivity index (χ3v) is 3.20. The molecule has 0 spiro atoms. The van der Waals surface area contributed by atoms with Crippen LogP contribution < -0.4 is 5.32 Å². The number of furan rings is 1. The molecule has 0 aromatic carbocycles. The third-order valence-electron chi connectivity index (χ3n) is 3.20. The predicted octanol–water partition coefficient (Wildman–Crippen LogP) is 3.10. The van der Waals surface area contributed by atoms with E-state index in [1.807, 2.05) is 6.92 Å². The zero-order valence-corrected chi connectivity index (χ0v) is 9.26. The Kier molecular flexibility index (Phi) is 2.64. The summed E-state index contributed by atoms with van der Waals surface area (Å²) in [5, 5.41) is 3.58. The van der Waals surface area contributed by atoms with Crippen molar-refractivity contribution in [2.45, 2.75) is 52.1 Å². The molecule has 1 aliphatic carbocycles. The molecular weight excluding hydrogens is 174 g/mol. The molecule has 1 heterocycles. The summed E-state index contributed by atoms with van der Waals surface area (Å²) in [4.78, 5) is 0. The average molecular weight is 193 g/mol. The summed E-state index contributed by atoms with van der Waals surface area (Å²) < 4.78 is 5.68. The topological polar surface area (TPSA) is 25.2 Å². The zero-order valence-electron chi connectivity index (χ0n) is 9.26. The Morgan fingerprint density at radius 2 is 2.14 bits per heavy atom. The van der Waals surface area contributed by atoms with Crippen molar-refractivity contribution < 1.29 is 4.42 Å². The lowest BCUT2D eigenvalue weighted by atomic mass is 9.92. The highest BCUT2D eigenvalue weighted by atomic mass is 16.3. The number of rotatable bonds is 3. The van der Waals surface area contributed by atoms with Crippen molar-refractivity contribution in [2.75, 3.05) is 0 Å². The molecule has 1 atom stereocenters. The van der Waals surface area contributed by atoms with E-state index >= 15 is 0 Å². The first-order valence-electron chi connectivity index (χ1n) is 5.50. The van der Waals surface area contributed by atoms with Gasteiger partial charge in [0.15, 0.2) is 0 Å². The molecule has 0 radical (unpaired) electrons. The lowest BCUT2D eigenvalue weighted by Gasteiger charge is -2.29. The van der Waals surface area contributed by atoms with Gasteiger partial charge >= 0.3 is 0 Å². The van der Waals surface area contributed by atoms with Gasteiger partial charge in [-0.1, -0.05) is 6.42 Å². The highest BCUT2D eigenvalue weighted by Gasteiger charge is 2.21. The maximum Gasteiger partial charge on any atom is 0.121 e. The molecule has 1 fully saturated rings. The fourth-order valence-electron chi connectivity index (χ4n) is 1.83. The van der Waals surface area contributed by atoms with E-state index in [1.54, 1.807) is 0 Å². The lowest BCUT2D eigenvalue weighted by molar-refractivity contribution is 0.292. The maximum atomic E-state index is 5.68. The molecule has 0 saturated heterocycles. The summed E-state index contributed by atoms with van der Waals surface area (Å²) in [5.74, 6) is 2.12. The monoisotopic (exact) mass is 193 g/mol. The molecule has 0 aliphatic heterocycles. The molecule has 1 N–H and O–H groups in total. The summed E-state index contributed by atoms with van der Waals surface area (Å²) in [6.07, 6.45) is 4.02. The Hall–Kier alpha value is -0.760. The second kappa shape index (κ2) is 3.77. The van der Waals surface area contributed by atoms with Crippen LogP contribution in [0.1, 0.15) is 49.3 Å². The van der Waals surface area contributed by atoms with E-state index in [1.165, 1.54) is 24.8 Å². The summed E-state index contributed by atoms with van der Waals surface area (Å²) in [7, 11) is 0. The number of hydrogen-bond acceptors (Lipinski definition) is 2. The highest BCUT2D eigenvalue weighted by molar-refractivity contribution is 5.20. The van der Waals surface area contributed by atoms with Crippen molar-refractivity contribution in [3.63, 3.8) is 0 Å². The average Bonchev–Trinajstić information content (AvgIpc) is 2.40. The largest absolute Gasteiger partial charge is 0.464 e. The summed E-state index contributed by atoms with van der Waals surface area (Å²) >= 11 is 0. The molecule has 2 rings (SSSR count). The van der Waals surface area contributed by atoms with Crippen molar-refractivity contribution in [3.05, 3.63) is 23.2 Å². The van der Waals surface area contributed by atoms with Gasteiger partial charge in [-0.3, -0.25) is 0 Å². The van der Waals surface area contributed by atoms with Crippen LogP contribution in [0.4, 0.5) is 0 Å². The standard InChI is InChI=1S/C12H19NO/c1-8-7-12(14-10(8)3)9(2)13-11-5-4-6-11/h7,9,11,13H,4-6H2,1-3H3. The van der Waals surface area contributed by atoms with Gasteiger partial charge < -0.3 is 9.73 Å². The molecule has 14 heavy (non-hydrogen) atoms. The van der Waals surface area contributed by atoms with Crippen LogP contribution in [0.3, 0.4) is 0 Å². The van der Waals surface area contributed by atoms with Gasteiger partial charge in [0.05, 0.1) is 6.04 Å². The first kappa shape index (κ1) is 9.78. The van der Waals surface area contributed by atoms with Crippen LogP contribution in [-0.4, -0.2) is 6.04 Å². The molecule has 0 amide bonds. The molecule has 2 nitrogen and oxygen atoms in total. The SMILES string of the molecule is Cc1cc(C(C)NC2CCC2)oc1C. The Labute approximate surface area is 85.7 Å². The summed E-state index contributed by atoms with van der Waals surface area (Å²) in [5.41, 5.74) is 1.25. The van der Waals surface area contributed by atoms with E-state index in [9.17, 15) is 0 Å². The minimum absolute atomic E-state index is 0.354. The van der Waals surface area contributed by atoms with Crippen LogP contribution in [0.2, 0.25) is 0 Å².